The number of ketones is 1. The van der Waals surface area contributed by atoms with Crippen LogP contribution in [0.25, 0.3) is 0 Å². The zero-order valence-electron chi connectivity index (χ0n) is 9.78. The molecule has 0 saturated heterocycles. The van der Waals surface area contributed by atoms with Crippen molar-refractivity contribution >= 4 is 39.3 Å². The molecule has 0 unspecified atom stereocenters. The summed E-state index contributed by atoms with van der Waals surface area (Å²) in [6.07, 6.45) is 0. The van der Waals surface area contributed by atoms with Crippen LogP contribution in [0.4, 0.5) is 0 Å². The Hall–Kier alpha value is -1.59. The normalized spacial score (nSPS) is 10.3. The molecule has 0 fully saturated rings. The van der Waals surface area contributed by atoms with Crippen LogP contribution in [0, 0.1) is 0 Å². The van der Waals surface area contributed by atoms with Gasteiger partial charge < -0.3 is 9.15 Å². The number of esters is 1. The fourth-order valence-electron chi connectivity index (χ4n) is 1.45. The lowest BCUT2D eigenvalue weighted by Crippen LogP contribution is -2.01. The van der Waals surface area contributed by atoms with E-state index in [0.717, 1.165) is 0 Å². The minimum absolute atomic E-state index is 0.0149. The highest BCUT2D eigenvalue weighted by atomic mass is 79.9. The van der Waals surface area contributed by atoms with Crippen molar-refractivity contribution < 1.29 is 18.7 Å². The molecule has 0 aliphatic rings. The van der Waals surface area contributed by atoms with Gasteiger partial charge in [0, 0.05) is 10.0 Å². The van der Waals surface area contributed by atoms with E-state index >= 15 is 0 Å². The fourth-order valence-corrected chi connectivity index (χ4v) is 1.95. The van der Waals surface area contributed by atoms with Gasteiger partial charge in [-0.15, -0.1) is 0 Å². The first kappa shape index (κ1) is 13.8. The van der Waals surface area contributed by atoms with Gasteiger partial charge in [0.1, 0.15) is 0 Å². The second-order valence-electron chi connectivity index (χ2n) is 3.61. The van der Waals surface area contributed by atoms with Crippen LogP contribution in [0.1, 0.15) is 26.7 Å². The van der Waals surface area contributed by atoms with Gasteiger partial charge >= 0.3 is 5.97 Å². The van der Waals surface area contributed by atoms with Gasteiger partial charge in [-0.25, -0.2) is 4.79 Å². The number of ether oxygens (including phenoxy) is 1. The molecule has 0 spiro atoms. The molecule has 2 rings (SSSR count). The van der Waals surface area contributed by atoms with Crippen LogP contribution in [-0.4, -0.2) is 18.9 Å². The first-order valence-corrected chi connectivity index (χ1v) is 6.38. The molecular formula is C13H8BrClO4. The highest BCUT2D eigenvalue weighted by Crippen LogP contribution is 2.24. The summed E-state index contributed by atoms with van der Waals surface area (Å²) in [6.45, 7) is 0. The van der Waals surface area contributed by atoms with Gasteiger partial charge in [-0.2, -0.15) is 0 Å². The molecule has 98 valence electrons. The topological polar surface area (TPSA) is 56.5 Å². The van der Waals surface area contributed by atoms with Gasteiger partial charge in [0.2, 0.25) is 11.5 Å². The molecule has 19 heavy (non-hydrogen) atoms. The number of halogens is 2. The van der Waals surface area contributed by atoms with Gasteiger partial charge in [0.05, 0.1) is 12.1 Å². The Morgan fingerprint density at radius 3 is 2.53 bits per heavy atom. The number of carbonyl (C=O) groups excluding carboxylic acids is 2. The molecule has 0 aliphatic carbocycles. The Morgan fingerprint density at radius 1 is 1.21 bits per heavy atom. The lowest BCUT2D eigenvalue weighted by atomic mass is 10.1. The Kier molecular flexibility index (Phi) is 4.07. The van der Waals surface area contributed by atoms with Gasteiger partial charge in [0.25, 0.3) is 0 Å². The summed E-state index contributed by atoms with van der Waals surface area (Å²) >= 11 is 9.09. The number of furan rings is 1. The maximum atomic E-state index is 12.1. The number of rotatable bonds is 3. The SMILES string of the molecule is COC(=O)c1ccc(C(=O)c2ccc(Cl)c(Br)c2)o1. The van der Waals surface area contributed by atoms with Crippen LogP contribution in [-0.2, 0) is 4.74 Å². The Morgan fingerprint density at radius 2 is 1.89 bits per heavy atom. The molecule has 0 bridgehead atoms. The molecule has 4 nitrogen and oxygen atoms in total. The summed E-state index contributed by atoms with van der Waals surface area (Å²) in [7, 11) is 1.24. The zero-order chi connectivity index (χ0) is 14.0. The zero-order valence-corrected chi connectivity index (χ0v) is 12.1. The number of carbonyl (C=O) groups is 2. The predicted octanol–water partition coefficient (Wildman–Crippen LogP) is 3.71. The summed E-state index contributed by atoms with van der Waals surface area (Å²) in [5, 5.41) is 0.506. The van der Waals surface area contributed by atoms with E-state index < -0.39 is 5.97 Å². The van der Waals surface area contributed by atoms with E-state index in [1.165, 1.54) is 19.2 Å². The molecule has 0 atom stereocenters. The van der Waals surface area contributed by atoms with E-state index in [0.29, 0.717) is 15.1 Å². The maximum absolute atomic E-state index is 12.1. The number of benzene rings is 1. The van der Waals surface area contributed by atoms with Crippen molar-refractivity contribution in [3.05, 3.63) is 56.9 Å². The standard InChI is InChI=1S/C13H8BrClO4/c1-18-13(17)11-5-4-10(19-11)12(16)7-2-3-9(15)8(14)6-7/h2-6H,1H3. The van der Waals surface area contributed by atoms with Crippen molar-refractivity contribution in [3.8, 4) is 0 Å². The third-order valence-electron chi connectivity index (χ3n) is 2.40. The first-order chi connectivity index (χ1) is 9.02. The van der Waals surface area contributed by atoms with Gasteiger partial charge in [-0.05, 0) is 46.3 Å². The van der Waals surface area contributed by atoms with Crippen LogP contribution in [0.3, 0.4) is 0 Å². The largest absolute Gasteiger partial charge is 0.463 e. The molecule has 0 aliphatic heterocycles. The van der Waals surface area contributed by atoms with E-state index in [1.54, 1.807) is 18.2 Å². The van der Waals surface area contributed by atoms with Crippen LogP contribution < -0.4 is 0 Å². The van der Waals surface area contributed by atoms with Crippen molar-refractivity contribution in [3.63, 3.8) is 0 Å². The Labute approximate surface area is 122 Å². The van der Waals surface area contributed by atoms with Crippen molar-refractivity contribution in [2.24, 2.45) is 0 Å². The molecule has 0 radical (unpaired) electrons. The smallest absolute Gasteiger partial charge is 0.373 e. The molecule has 1 aromatic heterocycles. The summed E-state index contributed by atoms with van der Waals surface area (Å²) in [6, 6.07) is 7.59. The molecule has 0 saturated carbocycles. The molecule has 0 amide bonds. The Bertz CT molecular complexity index is 648. The minimum Gasteiger partial charge on any atom is -0.463 e. The minimum atomic E-state index is -0.628. The lowest BCUT2D eigenvalue weighted by molar-refractivity contribution is 0.0563. The van der Waals surface area contributed by atoms with Crippen molar-refractivity contribution in [2.75, 3.05) is 7.11 Å². The van der Waals surface area contributed by atoms with Gasteiger partial charge in [0.15, 0.2) is 5.76 Å². The average molecular weight is 344 g/mol. The number of hydrogen-bond donors (Lipinski definition) is 0. The monoisotopic (exact) mass is 342 g/mol. The number of hydrogen-bond acceptors (Lipinski definition) is 4. The Balaban J connectivity index is 2.31. The highest BCUT2D eigenvalue weighted by Gasteiger charge is 2.18. The third kappa shape index (κ3) is 2.88. The van der Waals surface area contributed by atoms with Crippen LogP contribution in [0.5, 0.6) is 0 Å². The second kappa shape index (κ2) is 5.59. The van der Waals surface area contributed by atoms with E-state index in [4.69, 9.17) is 16.0 Å². The molecule has 1 heterocycles. The summed E-state index contributed by atoms with van der Waals surface area (Å²) < 4.78 is 10.3. The number of methoxy groups -OCH3 is 1. The summed E-state index contributed by atoms with van der Waals surface area (Å²) in [4.78, 5) is 23.4. The molecule has 1 aromatic carbocycles. The fraction of sp³-hybridized carbons (Fsp3) is 0.0769. The van der Waals surface area contributed by atoms with E-state index in [-0.39, 0.29) is 17.3 Å². The molecular weight excluding hydrogens is 335 g/mol. The van der Waals surface area contributed by atoms with Crippen LogP contribution in [0.2, 0.25) is 5.02 Å². The lowest BCUT2D eigenvalue weighted by Gasteiger charge is -2.00. The second-order valence-corrected chi connectivity index (χ2v) is 4.88. The van der Waals surface area contributed by atoms with Crippen LogP contribution >= 0.6 is 27.5 Å². The maximum Gasteiger partial charge on any atom is 0.373 e. The predicted molar refractivity (Wildman–Crippen MR) is 72.6 cm³/mol. The van der Waals surface area contributed by atoms with Crippen molar-refractivity contribution in [2.45, 2.75) is 0 Å². The highest BCUT2D eigenvalue weighted by molar-refractivity contribution is 9.10. The molecule has 0 N–H and O–H groups in total. The molecule has 6 heteroatoms. The summed E-state index contributed by atoms with van der Waals surface area (Å²) in [5.41, 5.74) is 0.405. The van der Waals surface area contributed by atoms with Gasteiger partial charge in [-0.1, -0.05) is 11.6 Å². The van der Waals surface area contributed by atoms with Crippen molar-refractivity contribution in [1.29, 1.82) is 0 Å². The average Bonchev–Trinajstić information content (AvgIpc) is 2.89. The van der Waals surface area contributed by atoms with Crippen molar-refractivity contribution in [1.82, 2.24) is 0 Å². The van der Waals surface area contributed by atoms with E-state index in [1.807, 2.05) is 0 Å². The summed E-state index contributed by atoms with van der Waals surface area (Å²) in [5.74, 6) is -0.919. The third-order valence-corrected chi connectivity index (χ3v) is 3.61. The first-order valence-electron chi connectivity index (χ1n) is 5.21. The van der Waals surface area contributed by atoms with E-state index in [9.17, 15) is 9.59 Å². The van der Waals surface area contributed by atoms with Gasteiger partial charge in [-0.3, -0.25) is 4.79 Å². The quantitative estimate of drug-likeness (QED) is 0.629. The van der Waals surface area contributed by atoms with E-state index in [2.05, 4.69) is 20.7 Å². The van der Waals surface area contributed by atoms with Crippen LogP contribution in [0.15, 0.2) is 39.2 Å². The molecule has 2 aromatic rings.